The van der Waals surface area contributed by atoms with Crippen LogP contribution in [0.1, 0.15) is 25.6 Å². The average molecular weight is 365 g/mol. The minimum absolute atomic E-state index is 0.0457. The first kappa shape index (κ1) is 18.6. The number of nitrogens with one attached hydrogen (secondary N) is 1. The van der Waals surface area contributed by atoms with Crippen LogP contribution in [-0.4, -0.2) is 33.1 Å². The lowest BCUT2D eigenvalue weighted by atomic mass is 10.1. The van der Waals surface area contributed by atoms with Gasteiger partial charge in [-0.15, -0.1) is 0 Å². The number of benzene rings is 2. The lowest BCUT2D eigenvalue weighted by Gasteiger charge is -2.11. The number of hydrogen-bond donors (Lipinski definition) is 2. The van der Waals surface area contributed by atoms with Crippen molar-refractivity contribution in [1.82, 2.24) is 14.9 Å². The van der Waals surface area contributed by atoms with Gasteiger partial charge >= 0.3 is 5.97 Å². The monoisotopic (exact) mass is 365 g/mol. The highest BCUT2D eigenvalue weighted by Crippen LogP contribution is 2.22. The maximum atomic E-state index is 12.2. The van der Waals surface area contributed by atoms with Crippen LogP contribution in [0.15, 0.2) is 54.6 Å². The molecule has 0 aliphatic carbocycles. The van der Waals surface area contributed by atoms with Gasteiger partial charge in [-0.05, 0) is 30.2 Å². The number of amides is 1. The molecular weight excluding hydrogens is 342 g/mol. The van der Waals surface area contributed by atoms with Crippen LogP contribution in [0.5, 0.6) is 0 Å². The summed E-state index contributed by atoms with van der Waals surface area (Å²) in [5, 5.41) is 11.6. The van der Waals surface area contributed by atoms with Gasteiger partial charge in [0.2, 0.25) is 5.91 Å². The second-order valence-corrected chi connectivity index (χ2v) is 6.69. The summed E-state index contributed by atoms with van der Waals surface area (Å²) in [6.45, 7) is 2.17. The average Bonchev–Trinajstić information content (AvgIpc) is 3.03. The van der Waals surface area contributed by atoms with E-state index in [-0.39, 0.29) is 18.2 Å². The fourth-order valence-corrected chi connectivity index (χ4v) is 3.08. The van der Waals surface area contributed by atoms with Crippen molar-refractivity contribution in [2.24, 2.45) is 5.92 Å². The maximum Gasteiger partial charge on any atom is 0.303 e. The van der Waals surface area contributed by atoms with Gasteiger partial charge in [0.1, 0.15) is 5.82 Å². The molecule has 0 aliphatic rings. The van der Waals surface area contributed by atoms with Crippen molar-refractivity contribution >= 4 is 22.9 Å². The molecule has 0 bridgehead atoms. The number of nitrogens with zero attached hydrogens (tertiary/aromatic N) is 2. The van der Waals surface area contributed by atoms with Crippen LogP contribution >= 0.6 is 0 Å². The lowest BCUT2D eigenvalue weighted by molar-refractivity contribution is -0.138. The largest absolute Gasteiger partial charge is 0.481 e. The summed E-state index contributed by atoms with van der Waals surface area (Å²) in [5.41, 5.74) is 2.91. The Morgan fingerprint density at radius 2 is 1.81 bits per heavy atom. The Hall–Kier alpha value is -3.15. The van der Waals surface area contributed by atoms with Gasteiger partial charge in [0.25, 0.3) is 0 Å². The van der Waals surface area contributed by atoms with Crippen molar-refractivity contribution in [3.8, 4) is 5.69 Å². The smallest absolute Gasteiger partial charge is 0.303 e. The molecule has 0 saturated carbocycles. The number of fused-ring (bicyclic) bond motifs is 1. The van der Waals surface area contributed by atoms with Crippen molar-refractivity contribution < 1.29 is 14.7 Å². The van der Waals surface area contributed by atoms with E-state index in [1.54, 1.807) is 0 Å². The van der Waals surface area contributed by atoms with Gasteiger partial charge in [-0.25, -0.2) is 4.98 Å². The molecule has 6 nitrogen and oxygen atoms in total. The molecule has 1 heterocycles. The van der Waals surface area contributed by atoms with Crippen molar-refractivity contribution in [2.75, 3.05) is 6.54 Å². The third kappa shape index (κ3) is 4.73. The predicted molar refractivity (Wildman–Crippen MR) is 104 cm³/mol. The summed E-state index contributed by atoms with van der Waals surface area (Å²) in [7, 11) is 0. The summed E-state index contributed by atoms with van der Waals surface area (Å²) in [6, 6.07) is 17.9. The topological polar surface area (TPSA) is 84.2 Å². The van der Waals surface area contributed by atoms with Crippen LogP contribution in [-0.2, 0) is 16.0 Å². The number of para-hydroxylation sites is 3. The van der Waals surface area contributed by atoms with E-state index in [0.29, 0.717) is 19.4 Å². The Morgan fingerprint density at radius 3 is 2.56 bits per heavy atom. The molecular formula is C21H23N3O3. The van der Waals surface area contributed by atoms with Crippen LogP contribution in [0.3, 0.4) is 0 Å². The minimum Gasteiger partial charge on any atom is -0.481 e. The second kappa shape index (κ2) is 8.49. The molecule has 0 fully saturated rings. The molecule has 0 spiro atoms. The van der Waals surface area contributed by atoms with Gasteiger partial charge in [0.15, 0.2) is 0 Å². The van der Waals surface area contributed by atoms with E-state index in [2.05, 4.69) is 9.88 Å². The van der Waals surface area contributed by atoms with Crippen molar-refractivity contribution in [1.29, 1.82) is 0 Å². The normalized spacial score (nSPS) is 12.0. The lowest BCUT2D eigenvalue weighted by Crippen LogP contribution is -2.29. The van der Waals surface area contributed by atoms with Gasteiger partial charge in [-0.2, -0.15) is 0 Å². The van der Waals surface area contributed by atoms with Gasteiger partial charge in [0, 0.05) is 31.5 Å². The van der Waals surface area contributed by atoms with E-state index < -0.39 is 5.97 Å². The molecule has 6 heteroatoms. The molecule has 0 aliphatic heterocycles. The Balaban J connectivity index is 1.72. The number of aromatic nitrogens is 2. The van der Waals surface area contributed by atoms with Crippen LogP contribution in [0.25, 0.3) is 16.7 Å². The summed E-state index contributed by atoms with van der Waals surface area (Å²) < 4.78 is 2.08. The zero-order chi connectivity index (χ0) is 19.2. The van der Waals surface area contributed by atoms with Crippen molar-refractivity contribution in [3.05, 3.63) is 60.4 Å². The number of carboxylic acids is 1. The van der Waals surface area contributed by atoms with Crippen LogP contribution < -0.4 is 5.32 Å². The Kier molecular flexibility index (Phi) is 5.86. The number of aryl methyl sites for hydroxylation is 1. The quantitative estimate of drug-likeness (QED) is 0.642. The highest BCUT2D eigenvalue weighted by Gasteiger charge is 2.14. The van der Waals surface area contributed by atoms with Gasteiger partial charge in [-0.3, -0.25) is 14.2 Å². The number of carbonyl (C=O) groups is 2. The molecule has 1 aromatic heterocycles. The summed E-state index contributed by atoms with van der Waals surface area (Å²) >= 11 is 0. The van der Waals surface area contributed by atoms with Gasteiger partial charge < -0.3 is 10.4 Å². The molecule has 3 rings (SSSR count). The fourth-order valence-electron chi connectivity index (χ4n) is 3.08. The third-order valence-electron chi connectivity index (χ3n) is 4.39. The second-order valence-electron chi connectivity index (χ2n) is 6.69. The first-order valence-electron chi connectivity index (χ1n) is 9.05. The first-order valence-corrected chi connectivity index (χ1v) is 9.05. The third-order valence-corrected chi connectivity index (χ3v) is 4.39. The van der Waals surface area contributed by atoms with Crippen LogP contribution in [0.2, 0.25) is 0 Å². The predicted octanol–water partition coefficient (Wildman–Crippen LogP) is 3.19. The molecule has 27 heavy (non-hydrogen) atoms. The van der Waals surface area contributed by atoms with E-state index in [1.165, 1.54) is 0 Å². The Labute approximate surface area is 157 Å². The van der Waals surface area contributed by atoms with E-state index in [1.807, 2.05) is 61.5 Å². The first-order chi connectivity index (χ1) is 13.0. The molecule has 2 N–H and O–H groups in total. The SMILES string of the molecule is CC(CNC(=O)CCc1nc2ccccc2n1-c1ccccc1)CC(=O)O. The zero-order valence-electron chi connectivity index (χ0n) is 15.3. The molecule has 0 saturated heterocycles. The van der Waals surface area contributed by atoms with E-state index >= 15 is 0 Å². The summed E-state index contributed by atoms with van der Waals surface area (Å²) in [6.07, 6.45) is 0.850. The minimum atomic E-state index is -0.853. The molecule has 140 valence electrons. The Bertz CT molecular complexity index is 934. The molecule has 1 amide bonds. The molecule has 2 aromatic carbocycles. The molecule has 1 unspecified atom stereocenters. The molecule has 0 radical (unpaired) electrons. The highest BCUT2D eigenvalue weighted by atomic mass is 16.4. The molecule has 3 aromatic rings. The molecule has 1 atom stereocenters. The maximum absolute atomic E-state index is 12.2. The fraction of sp³-hybridized carbons (Fsp3) is 0.286. The number of rotatable bonds is 8. The van der Waals surface area contributed by atoms with Gasteiger partial charge in [-0.1, -0.05) is 37.3 Å². The number of aliphatic carboxylic acids is 1. The van der Waals surface area contributed by atoms with Gasteiger partial charge in [0.05, 0.1) is 11.0 Å². The van der Waals surface area contributed by atoms with E-state index in [0.717, 1.165) is 22.5 Å². The van der Waals surface area contributed by atoms with E-state index in [4.69, 9.17) is 10.1 Å². The number of carbonyl (C=O) groups excluding carboxylic acids is 1. The van der Waals surface area contributed by atoms with Crippen LogP contribution in [0.4, 0.5) is 0 Å². The number of imidazole rings is 1. The van der Waals surface area contributed by atoms with Crippen LogP contribution in [0, 0.1) is 5.92 Å². The standard InChI is InChI=1S/C21H23N3O3/c1-15(13-21(26)27)14-22-20(25)12-11-19-23-17-9-5-6-10-18(17)24(19)16-7-3-2-4-8-16/h2-10,15H,11-14H2,1H3,(H,22,25)(H,26,27). The summed E-state index contributed by atoms with van der Waals surface area (Å²) in [5.74, 6) is -0.219. The zero-order valence-corrected chi connectivity index (χ0v) is 15.3. The summed E-state index contributed by atoms with van der Waals surface area (Å²) in [4.78, 5) is 27.6. The van der Waals surface area contributed by atoms with Crippen molar-refractivity contribution in [2.45, 2.75) is 26.2 Å². The van der Waals surface area contributed by atoms with E-state index in [9.17, 15) is 9.59 Å². The highest BCUT2D eigenvalue weighted by molar-refractivity contribution is 5.79. The Morgan fingerprint density at radius 1 is 1.11 bits per heavy atom. The van der Waals surface area contributed by atoms with Crippen molar-refractivity contribution in [3.63, 3.8) is 0 Å². The number of carboxylic acid groups (broad SMARTS) is 1. The number of hydrogen-bond acceptors (Lipinski definition) is 3.